The van der Waals surface area contributed by atoms with Crippen LogP contribution >= 0.6 is 11.6 Å². The fourth-order valence-corrected chi connectivity index (χ4v) is 3.72. The normalized spacial score (nSPS) is 10.6. The second-order valence-corrected chi connectivity index (χ2v) is 8.39. The minimum absolute atomic E-state index is 0.00350. The third-order valence-electron chi connectivity index (χ3n) is 5.41. The SMILES string of the molecule is COC(=O)c1ccc(-n2ncc(Nc3ccc(OCc4cccc(C)c4)cc3C)c(Cl)c2=O)cc1. The summed E-state index contributed by atoms with van der Waals surface area (Å²) in [6.45, 7) is 4.46. The van der Waals surface area contributed by atoms with E-state index in [0.717, 1.165) is 22.6 Å². The molecular weight excluding hydrogens is 466 g/mol. The van der Waals surface area contributed by atoms with E-state index in [-0.39, 0.29) is 5.02 Å². The van der Waals surface area contributed by atoms with Gasteiger partial charge in [-0.15, -0.1) is 0 Å². The van der Waals surface area contributed by atoms with Crippen LogP contribution in [0.1, 0.15) is 27.0 Å². The van der Waals surface area contributed by atoms with Crippen LogP contribution in [0.15, 0.2) is 77.7 Å². The van der Waals surface area contributed by atoms with Crippen LogP contribution in [0.3, 0.4) is 0 Å². The zero-order valence-electron chi connectivity index (χ0n) is 19.5. The number of carbonyl (C=O) groups excluding carboxylic acids is 1. The molecule has 0 aliphatic rings. The van der Waals surface area contributed by atoms with Crippen molar-refractivity contribution >= 4 is 28.9 Å². The number of benzene rings is 3. The molecule has 1 heterocycles. The topological polar surface area (TPSA) is 82.5 Å². The smallest absolute Gasteiger partial charge is 0.337 e. The second kappa shape index (κ2) is 10.4. The number of aromatic nitrogens is 2. The summed E-state index contributed by atoms with van der Waals surface area (Å²) in [4.78, 5) is 24.5. The summed E-state index contributed by atoms with van der Waals surface area (Å²) in [5, 5.41) is 7.41. The largest absolute Gasteiger partial charge is 0.489 e. The van der Waals surface area contributed by atoms with Gasteiger partial charge in [0.1, 0.15) is 17.4 Å². The van der Waals surface area contributed by atoms with Gasteiger partial charge in [-0.2, -0.15) is 9.78 Å². The van der Waals surface area contributed by atoms with Crippen molar-refractivity contribution in [3.05, 3.63) is 111 Å². The lowest BCUT2D eigenvalue weighted by Gasteiger charge is -2.14. The van der Waals surface area contributed by atoms with Crippen LogP contribution in [0.2, 0.25) is 5.02 Å². The molecule has 0 saturated heterocycles. The molecule has 0 spiro atoms. The lowest BCUT2D eigenvalue weighted by atomic mass is 10.1. The van der Waals surface area contributed by atoms with E-state index in [2.05, 4.69) is 16.5 Å². The molecule has 7 nitrogen and oxygen atoms in total. The number of halogens is 1. The van der Waals surface area contributed by atoms with Gasteiger partial charge in [-0.1, -0.05) is 41.4 Å². The molecule has 0 radical (unpaired) electrons. The fraction of sp³-hybridized carbons (Fsp3) is 0.148. The molecule has 0 atom stereocenters. The first-order chi connectivity index (χ1) is 16.9. The molecule has 0 fully saturated rings. The number of hydrogen-bond acceptors (Lipinski definition) is 6. The third-order valence-corrected chi connectivity index (χ3v) is 5.77. The fourth-order valence-electron chi connectivity index (χ4n) is 3.54. The number of nitrogens with one attached hydrogen (secondary N) is 1. The Morgan fingerprint density at radius 3 is 2.49 bits per heavy atom. The summed E-state index contributed by atoms with van der Waals surface area (Å²) < 4.78 is 11.8. The van der Waals surface area contributed by atoms with Gasteiger partial charge in [0.2, 0.25) is 0 Å². The van der Waals surface area contributed by atoms with Crippen LogP contribution in [-0.4, -0.2) is 22.9 Å². The van der Waals surface area contributed by atoms with Gasteiger partial charge in [-0.05, 0) is 67.4 Å². The Balaban J connectivity index is 1.49. The summed E-state index contributed by atoms with van der Waals surface area (Å²) in [7, 11) is 1.31. The summed E-state index contributed by atoms with van der Waals surface area (Å²) in [5.41, 5.74) is 4.73. The van der Waals surface area contributed by atoms with Crippen molar-refractivity contribution in [1.29, 1.82) is 0 Å². The highest BCUT2D eigenvalue weighted by Crippen LogP contribution is 2.27. The lowest BCUT2D eigenvalue weighted by molar-refractivity contribution is 0.0600. The molecule has 0 aliphatic carbocycles. The Labute approximate surface area is 207 Å². The van der Waals surface area contributed by atoms with E-state index in [1.807, 2.05) is 50.2 Å². The number of nitrogens with zero attached hydrogens (tertiary/aromatic N) is 2. The van der Waals surface area contributed by atoms with Crippen molar-refractivity contribution in [3.63, 3.8) is 0 Å². The Morgan fingerprint density at radius 1 is 1.03 bits per heavy atom. The molecular formula is C27H24ClN3O4. The van der Waals surface area contributed by atoms with Gasteiger partial charge >= 0.3 is 5.97 Å². The first kappa shape index (κ1) is 24.0. The number of anilines is 2. The molecule has 0 amide bonds. The van der Waals surface area contributed by atoms with E-state index in [1.165, 1.54) is 23.6 Å². The molecule has 35 heavy (non-hydrogen) atoms. The summed E-state index contributed by atoms with van der Waals surface area (Å²) in [6, 6.07) is 20.1. The van der Waals surface area contributed by atoms with E-state index in [4.69, 9.17) is 21.1 Å². The summed E-state index contributed by atoms with van der Waals surface area (Å²) in [5.74, 6) is 0.279. The average molecular weight is 490 g/mol. The Kier molecular flexibility index (Phi) is 7.17. The first-order valence-electron chi connectivity index (χ1n) is 10.9. The standard InChI is InChI=1S/C27H24ClN3O4/c1-17-5-4-6-19(13-17)16-35-22-11-12-23(18(2)14-22)30-24-15-29-31(26(32)25(24)28)21-9-7-20(8-10-21)27(33)34-3/h4-15,30H,16H2,1-3H3. The second-order valence-electron chi connectivity index (χ2n) is 8.01. The van der Waals surface area contributed by atoms with Gasteiger partial charge in [-0.25, -0.2) is 4.79 Å². The van der Waals surface area contributed by atoms with Crippen LogP contribution in [-0.2, 0) is 11.3 Å². The maximum atomic E-state index is 12.9. The maximum Gasteiger partial charge on any atom is 0.337 e. The van der Waals surface area contributed by atoms with E-state index >= 15 is 0 Å². The molecule has 0 saturated carbocycles. The molecule has 8 heteroatoms. The van der Waals surface area contributed by atoms with E-state index in [9.17, 15) is 9.59 Å². The van der Waals surface area contributed by atoms with Gasteiger partial charge in [0.25, 0.3) is 5.56 Å². The van der Waals surface area contributed by atoms with Crippen LogP contribution in [0, 0.1) is 13.8 Å². The van der Waals surface area contributed by atoms with Gasteiger partial charge in [0.05, 0.1) is 30.2 Å². The number of methoxy groups -OCH3 is 1. The van der Waals surface area contributed by atoms with E-state index in [0.29, 0.717) is 23.5 Å². The lowest BCUT2D eigenvalue weighted by Crippen LogP contribution is -2.22. The van der Waals surface area contributed by atoms with Gasteiger partial charge in [-0.3, -0.25) is 4.79 Å². The van der Waals surface area contributed by atoms with Crippen molar-refractivity contribution in [2.75, 3.05) is 12.4 Å². The predicted molar refractivity (Wildman–Crippen MR) is 136 cm³/mol. The van der Waals surface area contributed by atoms with Crippen molar-refractivity contribution in [2.45, 2.75) is 20.5 Å². The zero-order valence-corrected chi connectivity index (χ0v) is 20.3. The summed E-state index contributed by atoms with van der Waals surface area (Å²) in [6.07, 6.45) is 1.49. The zero-order chi connectivity index (χ0) is 24.9. The first-order valence-corrected chi connectivity index (χ1v) is 11.3. The number of carbonyl (C=O) groups is 1. The van der Waals surface area contributed by atoms with Crippen LogP contribution in [0.25, 0.3) is 5.69 Å². The molecule has 0 bridgehead atoms. The van der Waals surface area contributed by atoms with Crippen LogP contribution in [0.4, 0.5) is 11.4 Å². The highest BCUT2D eigenvalue weighted by atomic mass is 35.5. The van der Waals surface area contributed by atoms with Gasteiger partial charge < -0.3 is 14.8 Å². The molecule has 0 unspecified atom stereocenters. The van der Waals surface area contributed by atoms with Crippen LogP contribution < -0.4 is 15.6 Å². The van der Waals surface area contributed by atoms with Crippen molar-refractivity contribution in [2.24, 2.45) is 0 Å². The summed E-state index contributed by atoms with van der Waals surface area (Å²) >= 11 is 6.38. The van der Waals surface area contributed by atoms with Crippen molar-refractivity contribution in [3.8, 4) is 11.4 Å². The molecule has 4 rings (SSSR count). The van der Waals surface area contributed by atoms with E-state index in [1.54, 1.807) is 24.3 Å². The molecule has 1 aromatic heterocycles. The minimum atomic E-state index is -0.488. The van der Waals surface area contributed by atoms with Crippen molar-refractivity contribution < 1.29 is 14.3 Å². The minimum Gasteiger partial charge on any atom is -0.489 e. The number of aryl methyl sites for hydroxylation is 2. The third kappa shape index (κ3) is 5.53. The molecule has 0 aliphatic heterocycles. The highest BCUT2D eigenvalue weighted by molar-refractivity contribution is 6.33. The van der Waals surface area contributed by atoms with Crippen LogP contribution in [0.5, 0.6) is 5.75 Å². The van der Waals surface area contributed by atoms with Crippen molar-refractivity contribution in [1.82, 2.24) is 9.78 Å². The Hall–Kier alpha value is -4.10. The average Bonchev–Trinajstić information content (AvgIpc) is 2.86. The Bertz CT molecular complexity index is 1430. The van der Waals surface area contributed by atoms with E-state index < -0.39 is 11.5 Å². The predicted octanol–water partition coefficient (Wildman–Crippen LogP) is 5.61. The molecule has 178 valence electrons. The number of rotatable bonds is 7. The number of ether oxygens (including phenoxy) is 2. The quantitative estimate of drug-likeness (QED) is 0.340. The monoisotopic (exact) mass is 489 g/mol. The molecule has 4 aromatic rings. The molecule has 3 aromatic carbocycles. The Morgan fingerprint density at radius 2 is 1.80 bits per heavy atom. The highest BCUT2D eigenvalue weighted by Gasteiger charge is 2.13. The molecule has 1 N–H and O–H groups in total. The number of esters is 1. The van der Waals surface area contributed by atoms with Gasteiger partial charge in [0.15, 0.2) is 0 Å². The number of hydrogen-bond donors (Lipinski definition) is 1. The van der Waals surface area contributed by atoms with Gasteiger partial charge in [0, 0.05) is 5.69 Å². The maximum absolute atomic E-state index is 12.9.